The van der Waals surface area contributed by atoms with Gasteiger partial charge in [-0.05, 0) is 49.7 Å². The predicted molar refractivity (Wildman–Crippen MR) is 107 cm³/mol. The van der Waals surface area contributed by atoms with Crippen molar-refractivity contribution in [3.8, 4) is 11.5 Å². The Bertz CT molecular complexity index is 818. The number of nitrogens with one attached hydrogen (secondary N) is 2. The van der Waals surface area contributed by atoms with Gasteiger partial charge in [-0.25, -0.2) is 4.79 Å². The van der Waals surface area contributed by atoms with Gasteiger partial charge in [0.25, 0.3) is 5.91 Å². The standard InChI is InChI=1S/C21H24N2O6/c1-15-5-9-18(10-6-15)28-13-3-4-20(25)29-14-19(24)23-21(26)22-16-7-11-17(27-2)12-8-16/h5-12H,3-4,13-14H2,1-2H3,(H2,22,23,24,26). The Kier molecular flexibility index (Phi) is 8.50. The first-order valence-corrected chi connectivity index (χ1v) is 9.06. The third-order valence-electron chi connectivity index (χ3n) is 3.78. The topological polar surface area (TPSA) is 103 Å². The van der Waals surface area contributed by atoms with E-state index in [2.05, 4.69) is 10.6 Å². The fraction of sp³-hybridized carbons (Fsp3) is 0.286. The monoisotopic (exact) mass is 400 g/mol. The number of carbonyl (C=O) groups excluding carboxylic acids is 3. The van der Waals surface area contributed by atoms with Crippen LogP contribution in [-0.4, -0.2) is 38.2 Å². The zero-order valence-electron chi connectivity index (χ0n) is 16.4. The first-order chi connectivity index (χ1) is 14.0. The van der Waals surface area contributed by atoms with Crippen molar-refractivity contribution in [3.05, 3.63) is 54.1 Å². The molecule has 0 unspecified atom stereocenters. The molecule has 8 heteroatoms. The van der Waals surface area contributed by atoms with Crippen molar-refractivity contribution in [1.82, 2.24) is 5.32 Å². The SMILES string of the molecule is COc1ccc(NC(=O)NC(=O)COC(=O)CCCOc2ccc(C)cc2)cc1. The van der Waals surface area contributed by atoms with E-state index in [0.717, 1.165) is 11.3 Å². The van der Waals surface area contributed by atoms with Gasteiger partial charge in [0.2, 0.25) is 0 Å². The summed E-state index contributed by atoms with van der Waals surface area (Å²) in [6, 6.07) is 13.5. The van der Waals surface area contributed by atoms with Crippen LogP contribution in [0.15, 0.2) is 48.5 Å². The Hall–Kier alpha value is -3.55. The second-order valence-electron chi connectivity index (χ2n) is 6.16. The van der Waals surface area contributed by atoms with E-state index in [4.69, 9.17) is 14.2 Å². The summed E-state index contributed by atoms with van der Waals surface area (Å²) in [4.78, 5) is 35.1. The van der Waals surface area contributed by atoms with E-state index in [1.165, 1.54) is 7.11 Å². The molecule has 0 aromatic heterocycles. The Morgan fingerprint density at radius 1 is 0.931 bits per heavy atom. The van der Waals surface area contributed by atoms with Crippen molar-refractivity contribution in [2.24, 2.45) is 0 Å². The van der Waals surface area contributed by atoms with Crippen LogP contribution in [0.3, 0.4) is 0 Å². The highest BCUT2D eigenvalue weighted by molar-refractivity contribution is 6.01. The summed E-state index contributed by atoms with van der Waals surface area (Å²) in [6.07, 6.45) is 0.559. The summed E-state index contributed by atoms with van der Waals surface area (Å²) in [6.45, 7) is 1.81. The van der Waals surface area contributed by atoms with E-state index in [9.17, 15) is 14.4 Å². The quantitative estimate of drug-likeness (QED) is 0.495. The van der Waals surface area contributed by atoms with Gasteiger partial charge < -0.3 is 19.5 Å². The molecule has 0 saturated heterocycles. The Morgan fingerprint density at radius 3 is 2.24 bits per heavy atom. The molecule has 0 atom stereocenters. The van der Waals surface area contributed by atoms with Gasteiger partial charge in [-0.3, -0.25) is 14.9 Å². The lowest BCUT2D eigenvalue weighted by molar-refractivity contribution is -0.148. The number of imide groups is 1. The molecule has 29 heavy (non-hydrogen) atoms. The van der Waals surface area contributed by atoms with Crippen molar-refractivity contribution in [3.63, 3.8) is 0 Å². The number of carbonyl (C=O) groups is 3. The van der Waals surface area contributed by atoms with Crippen LogP contribution in [0, 0.1) is 6.92 Å². The number of hydrogen-bond donors (Lipinski definition) is 2. The van der Waals surface area contributed by atoms with Gasteiger partial charge in [0, 0.05) is 12.1 Å². The molecule has 0 aliphatic rings. The van der Waals surface area contributed by atoms with Gasteiger partial charge in [0.15, 0.2) is 6.61 Å². The minimum atomic E-state index is -0.722. The lowest BCUT2D eigenvalue weighted by Crippen LogP contribution is -2.37. The highest BCUT2D eigenvalue weighted by atomic mass is 16.5. The van der Waals surface area contributed by atoms with Crippen LogP contribution in [0.1, 0.15) is 18.4 Å². The summed E-state index contributed by atoms with van der Waals surface area (Å²) in [5, 5.41) is 4.57. The molecule has 154 valence electrons. The molecule has 0 spiro atoms. The maximum absolute atomic E-state index is 11.8. The second kappa shape index (κ2) is 11.3. The zero-order chi connectivity index (χ0) is 21.1. The van der Waals surface area contributed by atoms with Crippen LogP contribution in [0.2, 0.25) is 0 Å². The molecule has 2 aromatic carbocycles. The fourth-order valence-corrected chi connectivity index (χ4v) is 2.26. The Labute approximate surface area is 169 Å². The zero-order valence-corrected chi connectivity index (χ0v) is 16.4. The predicted octanol–water partition coefficient (Wildman–Crippen LogP) is 3.05. The van der Waals surface area contributed by atoms with E-state index in [1.807, 2.05) is 31.2 Å². The minimum Gasteiger partial charge on any atom is -0.497 e. The molecular weight excluding hydrogens is 376 g/mol. The lowest BCUT2D eigenvalue weighted by atomic mass is 10.2. The molecule has 0 aliphatic carbocycles. The smallest absolute Gasteiger partial charge is 0.325 e. The molecule has 0 aliphatic heterocycles. The molecule has 8 nitrogen and oxygen atoms in total. The molecule has 0 radical (unpaired) electrons. The number of methoxy groups -OCH3 is 1. The fourth-order valence-electron chi connectivity index (χ4n) is 2.26. The maximum Gasteiger partial charge on any atom is 0.325 e. The van der Waals surface area contributed by atoms with Gasteiger partial charge in [-0.1, -0.05) is 17.7 Å². The van der Waals surface area contributed by atoms with Crippen molar-refractivity contribution in [2.45, 2.75) is 19.8 Å². The molecule has 0 saturated carbocycles. The van der Waals surface area contributed by atoms with E-state index < -0.39 is 24.5 Å². The summed E-state index contributed by atoms with van der Waals surface area (Å²) in [5.41, 5.74) is 1.62. The molecule has 0 bridgehead atoms. The number of urea groups is 1. The third kappa shape index (κ3) is 8.34. The van der Waals surface area contributed by atoms with Crippen molar-refractivity contribution in [2.75, 3.05) is 25.6 Å². The van der Waals surface area contributed by atoms with Gasteiger partial charge in [0.1, 0.15) is 11.5 Å². The lowest BCUT2D eigenvalue weighted by Gasteiger charge is -2.08. The number of anilines is 1. The molecule has 0 fully saturated rings. The molecule has 3 amide bonds. The van der Waals surface area contributed by atoms with Gasteiger partial charge in [-0.15, -0.1) is 0 Å². The number of hydrogen-bond acceptors (Lipinski definition) is 6. The van der Waals surface area contributed by atoms with Gasteiger partial charge in [0.05, 0.1) is 13.7 Å². The number of ether oxygens (including phenoxy) is 3. The minimum absolute atomic E-state index is 0.108. The third-order valence-corrected chi connectivity index (χ3v) is 3.78. The van der Waals surface area contributed by atoms with Crippen LogP contribution >= 0.6 is 0 Å². The highest BCUT2D eigenvalue weighted by Crippen LogP contribution is 2.14. The normalized spacial score (nSPS) is 10.0. The summed E-state index contributed by atoms with van der Waals surface area (Å²) >= 11 is 0. The van der Waals surface area contributed by atoms with Crippen LogP contribution < -0.4 is 20.1 Å². The number of amides is 3. The number of aryl methyl sites for hydroxylation is 1. The van der Waals surface area contributed by atoms with Crippen molar-refractivity contribution in [1.29, 1.82) is 0 Å². The Morgan fingerprint density at radius 2 is 1.59 bits per heavy atom. The number of esters is 1. The van der Waals surface area contributed by atoms with Crippen LogP contribution in [-0.2, 0) is 14.3 Å². The maximum atomic E-state index is 11.8. The summed E-state index contributed by atoms with van der Waals surface area (Å²) in [7, 11) is 1.53. The molecule has 2 rings (SSSR count). The summed E-state index contributed by atoms with van der Waals surface area (Å²) in [5.74, 6) is 0.109. The molecular formula is C21H24N2O6. The van der Waals surface area contributed by atoms with E-state index in [0.29, 0.717) is 24.5 Å². The summed E-state index contributed by atoms with van der Waals surface area (Å²) < 4.78 is 15.4. The van der Waals surface area contributed by atoms with E-state index in [-0.39, 0.29) is 6.42 Å². The van der Waals surface area contributed by atoms with Crippen molar-refractivity contribution >= 4 is 23.6 Å². The van der Waals surface area contributed by atoms with Crippen LogP contribution in [0.5, 0.6) is 11.5 Å². The van der Waals surface area contributed by atoms with Gasteiger partial charge in [-0.2, -0.15) is 0 Å². The van der Waals surface area contributed by atoms with Gasteiger partial charge >= 0.3 is 12.0 Å². The highest BCUT2D eigenvalue weighted by Gasteiger charge is 2.11. The Balaban J connectivity index is 1.59. The first-order valence-electron chi connectivity index (χ1n) is 9.06. The molecule has 0 heterocycles. The number of rotatable bonds is 9. The number of benzene rings is 2. The van der Waals surface area contributed by atoms with Crippen LogP contribution in [0.25, 0.3) is 0 Å². The molecule has 2 N–H and O–H groups in total. The first kappa shape index (κ1) is 21.7. The average molecular weight is 400 g/mol. The largest absolute Gasteiger partial charge is 0.497 e. The van der Waals surface area contributed by atoms with E-state index in [1.54, 1.807) is 24.3 Å². The van der Waals surface area contributed by atoms with Crippen LogP contribution in [0.4, 0.5) is 10.5 Å². The second-order valence-corrected chi connectivity index (χ2v) is 6.16. The van der Waals surface area contributed by atoms with Crippen molar-refractivity contribution < 1.29 is 28.6 Å². The van der Waals surface area contributed by atoms with E-state index >= 15 is 0 Å². The molecule has 2 aromatic rings. The average Bonchev–Trinajstić information content (AvgIpc) is 2.71.